The fraction of sp³-hybridized carbons (Fsp3) is 0.231. The van der Waals surface area contributed by atoms with E-state index >= 15 is 0 Å². The Balaban J connectivity index is 2.02. The highest BCUT2D eigenvalue weighted by Gasteiger charge is 2.23. The summed E-state index contributed by atoms with van der Waals surface area (Å²) >= 11 is 1.21. The minimum absolute atomic E-state index is 0.270. The van der Waals surface area contributed by atoms with Crippen molar-refractivity contribution in [1.82, 2.24) is 4.98 Å². The monoisotopic (exact) mass is 275 g/mol. The predicted molar refractivity (Wildman–Crippen MR) is 75.8 cm³/mol. The normalized spacial score (nSPS) is 14.4. The molecule has 0 spiro atoms. The smallest absolute Gasteiger partial charge is 0.347 e. The van der Waals surface area contributed by atoms with Crippen LogP contribution in [0.3, 0.4) is 0 Å². The highest BCUT2D eigenvalue weighted by Crippen LogP contribution is 2.38. The van der Waals surface area contributed by atoms with Crippen molar-refractivity contribution in [1.29, 1.82) is 0 Å². The molecule has 0 saturated heterocycles. The molecule has 0 aliphatic carbocycles. The van der Waals surface area contributed by atoms with Crippen LogP contribution in [0.2, 0.25) is 0 Å². The van der Waals surface area contributed by atoms with E-state index in [1.165, 1.54) is 17.5 Å². The van der Waals surface area contributed by atoms with Gasteiger partial charge in [0.2, 0.25) is 0 Å². The van der Waals surface area contributed by atoms with Crippen LogP contribution in [0, 0.1) is 0 Å². The molecule has 0 atom stereocenters. The van der Waals surface area contributed by atoms with Gasteiger partial charge in [-0.05, 0) is 12.1 Å². The van der Waals surface area contributed by atoms with Gasteiger partial charge in [0.1, 0.15) is 4.88 Å². The average molecular weight is 275 g/mol. The number of benzene rings is 1. The first-order chi connectivity index (χ1) is 9.16. The second-order valence-corrected chi connectivity index (χ2v) is 5.38. The quantitative estimate of drug-likeness (QED) is 0.912. The lowest BCUT2D eigenvalue weighted by Gasteiger charge is -2.35. The minimum Gasteiger partial charge on any atom is -0.477 e. The van der Waals surface area contributed by atoms with E-state index in [1.54, 1.807) is 0 Å². The van der Waals surface area contributed by atoms with E-state index in [1.807, 2.05) is 18.2 Å². The first kappa shape index (κ1) is 12.0. The Hall–Kier alpha value is -2.08. The molecule has 1 aliphatic heterocycles. The van der Waals surface area contributed by atoms with Crippen molar-refractivity contribution in [3.05, 3.63) is 35.3 Å². The number of aromatic carboxylic acids is 1. The van der Waals surface area contributed by atoms with Crippen LogP contribution >= 0.6 is 11.3 Å². The first-order valence-electron chi connectivity index (χ1n) is 5.93. The molecule has 1 aliphatic rings. The van der Waals surface area contributed by atoms with Crippen LogP contribution in [0.4, 0.5) is 16.5 Å². The van der Waals surface area contributed by atoms with E-state index in [4.69, 9.17) is 5.11 Å². The Kier molecular flexibility index (Phi) is 2.87. The molecule has 98 valence electrons. The van der Waals surface area contributed by atoms with Crippen LogP contribution in [0.1, 0.15) is 9.67 Å². The number of nitrogens with zero attached hydrogens (tertiary/aromatic N) is 3. The van der Waals surface area contributed by atoms with E-state index in [0.29, 0.717) is 0 Å². The summed E-state index contributed by atoms with van der Waals surface area (Å²) in [5, 5.41) is 9.71. The molecule has 0 saturated carbocycles. The molecule has 0 bridgehead atoms. The van der Waals surface area contributed by atoms with Crippen LogP contribution in [-0.2, 0) is 0 Å². The lowest BCUT2D eigenvalue weighted by Crippen LogP contribution is -2.36. The third kappa shape index (κ3) is 2.04. The molecule has 0 unspecified atom stereocenters. The van der Waals surface area contributed by atoms with Gasteiger partial charge in [-0.2, -0.15) is 0 Å². The minimum atomic E-state index is -0.925. The zero-order valence-electron chi connectivity index (χ0n) is 10.4. The van der Waals surface area contributed by atoms with E-state index in [-0.39, 0.29) is 4.88 Å². The molecule has 5 nitrogen and oxygen atoms in total. The maximum Gasteiger partial charge on any atom is 0.347 e. The van der Waals surface area contributed by atoms with Gasteiger partial charge in [0, 0.05) is 20.1 Å². The summed E-state index contributed by atoms with van der Waals surface area (Å²) in [7, 11) is 2.06. The zero-order valence-corrected chi connectivity index (χ0v) is 11.2. The van der Waals surface area contributed by atoms with Gasteiger partial charge in [-0.15, -0.1) is 0 Å². The molecule has 2 heterocycles. The summed E-state index contributed by atoms with van der Waals surface area (Å²) in [6, 6.07) is 8.08. The maximum absolute atomic E-state index is 10.9. The standard InChI is InChI=1S/C13H13N3O2S/c1-15-6-7-16(10-5-3-2-4-9(10)15)13-14-8-11(19-13)12(17)18/h2-5,8H,6-7H2,1H3,(H,17,18). The van der Waals surface area contributed by atoms with Gasteiger partial charge in [0.05, 0.1) is 17.6 Å². The van der Waals surface area contributed by atoms with Gasteiger partial charge >= 0.3 is 5.97 Å². The van der Waals surface area contributed by atoms with Crippen molar-refractivity contribution in [3.8, 4) is 0 Å². The van der Waals surface area contributed by atoms with Crippen molar-refractivity contribution in [2.45, 2.75) is 0 Å². The van der Waals surface area contributed by atoms with Gasteiger partial charge in [-0.1, -0.05) is 23.5 Å². The molecule has 0 radical (unpaired) electrons. The molecule has 1 aromatic carbocycles. The Morgan fingerprint density at radius 2 is 2.05 bits per heavy atom. The molecule has 1 aromatic heterocycles. The topological polar surface area (TPSA) is 56.7 Å². The number of fused-ring (bicyclic) bond motifs is 1. The summed E-state index contributed by atoms with van der Waals surface area (Å²) < 4.78 is 0. The number of rotatable bonds is 2. The van der Waals surface area contributed by atoms with Crippen molar-refractivity contribution >= 4 is 33.8 Å². The van der Waals surface area contributed by atoms with E-state index in [0.717, 1.165) is 29.6 Å². The van der Waals surface area contributed by atoms with Crippen LogP contribution < -0.4 is 9.80 Å². The molecule has 1 N–H and O–H groups in total. The van der Waals surface area contributed by atoms with Gasteiger partial charge in [-0.3, -0.25) is 0 Å². The van der Waals surface area contributed by atoms with Crippen LogP contribution in [0.15, 0.2) is 30.5 Å². The summed E-state index contributed by atoms with van der Waals surface area (Å²) in [5.74, 6) is -0.925. The van der Waals surface area contributed by atoms with Gasteiger partial charge in [-0.25, -0.2) is 9.78 Å². The highest BCUT2D eigenvalue weighted by atomic mass is 32.1. The van der Waals surface area contributed by atoms with Gasteiger partial charge < -0.3 is 14.9 Å². The number of likely N-dealkylation sites (N-methyl/N-ethyl adjacent to an activating group) is 1. The first-order valence-corrected chi connectivity index (χ1v) is 6.75. The Morgan fingerprint density at radius 1 is 1.32 bits per heavy atom. The number of thiazole rings is 1. The van der Waals surface area contributed by atoms with E-state index in [2.05, 4.69) is 27.9 Å². The average Bonchev–Trinajstić information content (AvgIpc) is 2.89. The molecule has 6 heteroatoms. The number of carboxylic acid groups (broad SMARTS) is 1. The van der Waals surface area contributed by atoms with Gasteiger partial charge in [0.25, 0.3) is 0 Å². The van der Waals surface area contributed by atoms with Crippen LogP contribution in [0.25, 0.3) is 0 Å². The summed E-state index contributed by atoms with van der Waals surface area (Å²) in [6.07, 6.45) is 1.42. The van der Waals surface area contributed by atoms with E-state index in [9.17, 15) is 4.79 Å². The summed E-state index contributed by atoms with van der Waals surface area (Å²) in [4.78, 5) is 19.7. The third-order valence-corrected chi connectivity index (χ3v) is 4.19. The number of anilines is 3. The zero-order chi connectivity index (χ0) is 13.4. The molecule has 0 fully saturated rings. The predicted octanol–water partition coefficient (Wildman–Crippen LogP) is 2.43. The fourth-order valence-corrected chi connectivity index (χ4v) is 2.99. The Bertz CT molecular complexity index is 626. The lowest BCUT2D eigenvalue weighted by atomic mass is 10.2. The van der Waals surface area contributed by atoms with Crippen LogP contribution in [-0.4, -0.2) is 36.2 Å². The summed E-state index contributed by atoms with van der Waals surface area (Å²) in [6.45, 7) is 1.69. The van der Waals surface area contributed by atoms with Crippen molar-refractivity contribution in [2.24, 2.45) is 0 Å². The second-order valence-electron chi connectivity index (χ2n) is 4.37. The molecule has 0 amide bonds. The van der Waals surface area contributed by atoms with E-state index < -0.39 is 5.97 Å². The van der Waals surface area contributed by atoms with Crippen LogP contribution in [0.5, 0.6) is 0 Å². The number of carboxylic acids is 1. The number of hydrogen-bond donors (Lipinski definition) is 1. The maximum atomic E-state index is 10.9. The van der Waals surface area contributed by atoms with Crippen molar-refractivity contribution in [3.63, 3.8) is 0 Å². The fourth-order valence-electron chi connectivity index (χ4n) is 2.19. The Morgan fingerprint density at radius 3 is 2.74 bits per heavy atom. The van der Waals surface area contributed by atoms with Crippen molar-refractivity contribution in [2.75, 3.05) is 29.9 Å². The largest absolute Gasteiger partial charge is 0.477 e. The number of hydrogen-bond acceptors (Lipinski definition) is 5. The third-order valence-electron chi connectivity index (χ3n) is 3.18. The molecule has 19 heavy (non-hydrogen) atoms. The highest BCUT2D eigenvalue weighted by molar-refractivity contribution is 7.17. The number of carbonyl (C=O) groups is 1. The number of aromatic nitrogens is 1. The SMILES string of the molecule is CN1CCN(c2ncc(C(=O)O)s2)c2ccccc21. The Labute approximate surface area is 114 Å². The lowest BCUT2D eigenvalue weighted by molar-refractivity contribution is 0.0702. The molecule has 2 aromatic rings. The summed E-state index contributed by atoms with van der Waals surface area (Å²) in [5.41, 5.74) is 2.21. The molecular weight excluding hydrogens is 262 g/mol. The molecule has 3 rings (SSSR count). The van der Waals surface area contributed by atoms with Crippen molar-refractivity contribution < 1.29 is 9.90 Å². The number of para-hydroxylation sites is 2. The van der Waals surface area contributed by atoms with Gasteiger partial charge in [0.15, 0.2) is 5.13 Å². The second kappa shape index (κ2) is 4.55. The molecular formula is C13H13N3O2S.